The first-order chi connectivity index (χ1) is 10.2. The van der Waals surface area contributed by atoms with Crippen LogP contribution in [0.3, 0.4) is 0 Å². The molecule has 0 heterocycles. The van der Waals surface area contributed by atoms with E-state index in [1.807, 2.05) is 11.8 Å². The van der Waals surface area contributed by atoms with Crippen LogP contribution >= 0.6 is 0 Å². The number of rotatable bonds is 8. The van der Waals surface area contributed by atoms with Gasteiger partial charge in [-0.1, -0.05) is 6.42 Å². The Bertz CT molecular complexity index is 442. The average Bonchev–Trinajstić information content (AvgIpc) is 2.39. The van der Waals surface area contributed by atoms with Gasteiger partial charge in [-0.25, -0.2) is 0 Å². The highest BCUT2D eigenvalue weighted by Gasteiger charge is 2.26. The van der Waals surface area contributed by atoms with Crippen molar-refractivity contribution in [2.24, 2.45) is 0 Å². The summed E-state index contributed by atoms with van der Waals surface area (Å²) < 4.78 is 10.7. The molecule has 1 aromatic carbocycles. The van der Waals surface area contributed by atoms with Crippen LogP contribution in [0.5, 0.6) is 11.5 Å². The lowest BCUT2D eigenvalue weighted by Gasteiger charge is -2.36. The van der Waals surface area contributed by atoms with Gasteiger partial charge in [0.1, 0.15) is 11.5 Å². The molecule has 0 unspecified atom stereocenters. The van der Waals surface area contributed by atoms with E-state index in [0.29, 0.717) is 24.9 Å². The first-order valence-corrected chi connectivity index (χ1v) is 7.51. The molecule has 21 heavy (non-hydrogen) atoms. The van der Waals surface area contributed by atoms with Gasteiger partial charge in [0.25, 0.3) is 0 Å². The Labute approximate surface area is 125 Å². The molecule has 0 aliphatic heterocycles. The lowest BCUT2D eigenvalue weighted by Crippen LogP contribution is -2.45. The van der Waals surface area contributed by atoms with E-state index in [1.165, 1.54) is 6.42 Å². The summed E-state index contributed by atoms with van der Waals surface area (Å²) in [6, 6.07) is 7.42. The lowest BCUT2D eigenvalue weighted by atomic mass is 9.91. The molecule has 116 valence electrons. The average molecular weight is 293 g/mol. The third-order valence-corrected chi connectivity index (χ3v) is 3.68. The fourth-order valence-corrected chi connectivity index (χ4v) is 2.37. The van der Waals surface area contributed by atoms with Crippen LogP contribution in [0.1, 0.15) is 26.2 Å². The Morgan fingerprint density at radius 1 is 1.29 bits per heavy atom. The number of nitrogens with zero attached hydrogens (tertiary/aromatic N) is 1. The molecule has 5 nitrogen and oxygen atoms in total. The summed E-state index contributed by atoms with van der Waals surface area (Å²) >= 11 is 0. The van der Waals surface area contributed by atoms with Crippen LogP contribution in [0.4, 0.5) is 0 Å². The van der Waals surface area contributed by atoms with Gasteiger partial charge < -0.3 is 14.6 Å². The van der Waals surface area contributed by atoms with Crippen molar-refractivity contribution in [3.8, 4) is 11.5 Å². The molecule has 1 saturated carbocycles. The third kappa shape index (κ3) is 4.72. The highest BCUT2D eigenvalue weighted by Crippen LogP contribution is 2.24. The fraction of sp³-hybridized carbons (Fsp3) is 0.562. The Hall–Kier alpha value is -1.59. The monoisotopic (exact) mass is 293 g/mol. The number of hydrogen-bond acceptors (Lipinski definition) is 5. The van der Waals surface area contributed by atoms with Crippen LogP contribution in [0.15, 0.2) is 24.3 Å². The van der Waals surface area contributed by atoms with Crippen molar-refractivity contribution >= 4 is 5.97 Å². The van der Waals surface area contributed by atoms with Gasteiger partial charge >= 0.3 is 5.97 Å². The Morgan fingerprint density at radius 2 is 1.95 bits per heavy atom. The van der Waals surface area contributed by atoms with E-state index in [-0.39, 0.29) is 19.1 Å². The first-order valence-electron chi connectivity index (χ1n) is 7.51. The summed E-state index contributed by atoms with van der Waals surface area (Å²) in [6.07, 6.45) is 3.38. The molecule has 0 amide bonds. The largest absolute Gasteiger partial charge is 0.494 e. The van der Waals surface area contributed by atoms with Gasteiger partial charge in [0.05, 0.1) is 19.8 Å². The van der Waals surface area contributed by atoms with E-state index in [4.69, 9.17) is 14.6 Å². The zero-order valence-corrected chi connectivity index (χ0v) is 12.5. The molecule has 0 radical (unpaired) electrons. The van der Waals surface area contributed by atoms with Gasteiger partial charge in [-0.05, 0) is 44.0 Å². The molecule has 0 aromatic heterocycles. The third-order valence-electron chi connectivity index (χ3n) is 3.68. The minimum absolute atomic E-state index is 0.0623. The van der Waals surface area contributed by atoms with E-state index >= 15 is 0 Å². The van der Waals surface area contributed by atoms with Gasteiger partial charge in [-0.2, -0.15) is 0 Å². The van der Waals surface area contributed by atoms with Crippen molar-refractivity contribution in [2.45, 2.75) is 32.2 Å². The van der Waals surface area contributed by atoms with Gasteiger partial charge in [-0.15, -0.1) is 0 Å². The minimum Gasteiger partial charge on any atom is -0.494 e. The van der Waals surface area contributed by atoms with Gasteiger partial charge in [0.15, 0.2) is 0 Å². The van der Waals surface area contributed by atoms with E-state index in [9.17, 15) is 4.79 Å². The minimum atomic E-state index is -0.292. The topological polar surface area (TPSA) is 59.0 Å². The van der Waals surface area contributed by atoms with Gasteiger partial charge in [0.2, 0.25) is 0 Å². The summed E-state index contributed by atoms with van der Waals surface area (Å²) in [4.78, 5) is 14.0. The standard InChI is InChI=1S/C16H23NO4/c1-2-20-14-6-8-15(9-7-14)21-16(19)12-17(10-11-18)13-4-3-5-13/h6-9,13,18H,2-5,10-12H2,1H3. The summed E-state index contributed by atoms with van der Waals surface area (Å²) in [5.41, 5.74) is 0. The van der Waals surface area contributed by atoms with Crippen LogP contribution in [-0.2, 0) is 4.79 Å². The number of carbonyl (C=O) groups excluding carboxylic acids is 1. The normalized spacial score (nSPS) is 14.8. The van der Waals surface area contributed by atoms with Crippen LogP contribution < -0.4 is 9.47 Å². The van der Waals surface area contributed by atoms with Crippen LogP contribution in [0.2, 0.25) is 0 Å². The molecule has 0 atom stereocenters. The number of esters is 1. The van der Waals surface area contributed by atoms with Crippen LogP contribution in [0, 0.1) is 0 Å². The Balaban J connectivity index is 1.84. The quantitative estimate of drug-likeness (QED) is 0.585. The Morgan fingerprint density at radius 3 is 2.48 bits per heavy atom. The molecule has 1 aliphatic carbocycles. The molecule has 1 fully saturated rings. The number of hydrogen-bond donors (Lipinski definition) is 1. The molecule has 1 N–H and O–H groups in total. The molecule has 5 heteroatoms. The highest BCUT2D eigenvalue weighted by molar-refractivity contribution is 5.74. The molecule has 2 rings (SSSR count). The molecule has 1 aliphatic rings. The summed E-state index contributed by atoms with van der Waals surface area (Å²) in [7, 11) is 0. The number of benzene rings is 1. The van der Waals surface area contributed by atoms with Crippen molar-refractivity contribution in [2.75, 3.05) is 26.3 Å². The maximum absolute atomic E-state index is 12.0. The van der Waals surface area contributed by atoms with Crippen LogP contribution in [-0.4, -0.2) is 48.3 Å². The fourth-order valence-electron chi connectivity index (χ4n) is 2.37. The zero-order valence-electron chi connectivity index (χ0n) is 12.5. The second-order valence-electron chi connectivity index (χ2n) is 5.16. The Kier molecular flexibility index (Phi) is 6.02. The predicted octanol–water partition coefficient (Wildman–Crippen LogP) is 1.84. The number of aliphatic hydroxyl groups excluding tert-OH is 1. The number of aliphatic hydroxyl groups is 1. The molecule has 0 spiro atoms. The molecule has 1 aromatic rings. The zero-order chi connectivity index (χ0) is 15.1. The van der Waals surface area contributed by atoms with Gasteiger partial charge in [0, 0.05) is 12.6 Å². The van der Waals surface area contributed by atoms with E-state index < -0.39 is 0 Å². The first kappa shape index (κ1) is 15.8. The predicted molar refractivity (Wildman–Crippen MR) is 79.5 cm³/mol. The van der Waals surface area contributed by atoms with E-state index in [0.717, 1.165) is 18.6 Å². The summed E-state index contributed by atoms with van der Waals surface area (Å²) in [5, 5.41) is 9.08. The highest BCUT2D eigenvalue weighted by atomic mass is 16.5. The molecular weight excluding hydrogens is 270 g/mol. The second-order valence-corrected chi connectivity index (χ2v) is 5.16. The summed E-state index contributed by atoms with van der Waals surface area (Å²) in [6.45, 7) is 3.33. The number of carbonyl (C=O) groups is 1. The molecule has 0 saturated heterocycles. The maximum atomic E-state index is 12.0. The van der Waals surface area contributed by atoms with Crippen molar-refractivity contribution in [1.29, 1.82) is 0 Å². The van der Waals surface area contributed by atoms with E-state index in [2.05, 4.69) is 0 Å². The molecule has 0 bridgehead atoms. The SMILES string of the molecule is CCOc1ccc(OC(=O)CN(CCO)C2CCC2)cc1. The van der Waals surface area contributed by atoms with Crippen molar-refractivity contribution in [3.05, 3.63) is 24.3 Å². The van der Waals surface area contributed by atoms with Crippen LogP contribution in [0.25, 0.3) is 0 Å². The van der Waals surface area contributed by atoms with Crippen molar-refractivity contribution in [3.63, 3.8) is 0 Å². The van der Waals surface area contributed by atoms with Crippen molar-refractivity contribution < 1.29 is 19.4 Å². The van der Waals surface area contributed by atoms with Crippen molar-refractivity contribution in [1.82, 2.24) is 4.90 Å². The van der Waals surface area contributed by atoms with E-state index in [1.54, 1.807) is 24.3 Å². The molecular formula is C16H23NO4. The summed E-state index contributed by atoms with van der Waals surface area (Å²) in [5.74, 6) is 0.981. The number of ether oxygens (including phenoxy) is 2. The lowest BCUT2D eigenvalue weighted by molar-refractivity contribution is -0.136. The second kappa shape index (κ2) is 8.00. The maximum Gasteiger partial charge on any atom is 0.325 e. The van der Waals surface area contributed by atoms with Gasteiger partial charge in [-0.3, -0.25) is 9.69 Å². The smallest absolute Gasteiger partial charge is 0.325 e.